The molecular formula is C15H13Cl2IO2. The summed E-state index contributed by atoms with van der Waals surface area (Å²) < 4.78 is 12.4. The van der Waals surface area contributed by atoms with Crippen LogP contribution in [0, 0.1) is 3.57 Å². The first kappa shape index (κ1) is 15.7. The van der Waals surface area contributed by atoms with Crippen molar-refractivity contribution in [2.24, 2.45) is 0 Å². The van der Waals surface area contributed by atoms with Gasteiger partial charge in [0.15, 0.2) is 11.5 Å². The summed E-state index contributed by atoms with van der Waals surface area (Å²) in [6.45, 7) is 0.457. The van der Waals surface area contributed by atoms with Crippen molar-refractivity contribution >= 4 is 45.8 Å². The van der Waals surface area contributed by atoms with Crippen LogP contribution in [0.15, 0.2) is 36.4 Å². The normalized spacial score (nSPS) is 10.4. The topological polar surface area (TPSA) is 18.5 Å². The predicted octanol–water partition coefficient (Wildman–Crippen LogP) is 5.27. The van der Waals surface area contributed by atoms with Crippen LogP contribution in [0.25, 0.3) is 0 Å². The maximum atomic E-state index is 6.02. The number of rotatable bonds is 5. The molecule has 0 heterocycles. The summed E-state index contributed by atoms with van der Waals surface area (Å²) in [6, 6.07) is 11.7. The van der Waals surface area contributed by atoms with Gasteiger partial charge in [-0.25, -0.2) is 0 Å². The van der Waals surface area contributed by atoms with E-state index in [9.17, 15) is 0 Å². The fourth-order valence-electron chi connectivity index (χ4n) is 1.77. The van der Waals surface area contributed by atoms with Gasteiger partial charge in [0.2, 0.25) is 0 Å². The second-order valence-electron chi connectivity index (χ2n) is 4.15. The quantitative estimate of drug-likeness (QED) is 0.482. The van der Waals surface area contributed by atoms with Gasteiger partial charge in [-0.3, -0.25) is 0 Å². The van der Waals surface area contributed by atoms with Crippen LogP contribution in [0.2, 0.25) is 5.02 Å². The van der Waals surface area contributed by atoms with Crippen molar-refractivity contribution < 1.29 is 9.47 Å². The van der Waals surface area contributed by atoms with Crippen molar-refractivity contribution in [3.05, 3.63) is 56.1 Å². The molecule has 0 aromatic heterocycles. The van der Waals surface area contributed by atoms with E-state index < -0.39 is 0 Å². The summed E-state index contributed by atoms with van der Waals surface area (Å²) in [5.41, 5.74) is 1.91. The van der Waals surface area contributed by atoms with Crippen LogP contribution >= 0.6 is 45.8 Å². The molecule has 2 aromatic carbocycles. The molecule has 2 rings (SSSR count). The first-order valence-electron chi connectivity index (χ1n) is 5.93. The number of halogens is 3. The molecule has 0 bridgehead atoms. The number of hydrogen-bond acceptors (Lipinski definition) is 2. The van der Waals surface area contributed by atoms with E-state index in [0.29, 0.717) is 29.0 Å². The van der Waals surface area contributed by atoms with Crippen molar-refractivity contribution in [2.75, 3.05) is 7.11 Å². The Hall–Kier alpha value is -0.650. The average Bonchev–Trinajstić information content (AvgIpc) is 2.46. The van der Waals surface area contributed by atoms with Gasteiger partial charge in [-0.1, -0.05) is 23.7 Å². The van der Waals surface area contributed by atoms with E-state index in [1.807, 2.05) is 24.3 Å². The Balaban J connectivity index is 2.21. The Morgan fingerprint density at radius 3 is 2.45 bits per heavy atom. The first-order valence-corrected chi connectivity index (χ1v) is 7.92. The van der Waals surface area contributed by atoms with Gasteiger partial charge in [-0.05, 0) is 46.4 Å². The smallest absolute Gasteiger partial charge is 0.166 e. The number of alkyl halides is 1. The van der Waals surface area contributed by atoms with Crippen LogP contribution in [0.5, 0.6) is 11.5 Å². The Bertz CT molecular complexity index is 560. The van der Waals surface area contributed by atoms with E-state index in [4.69, 9.17) is 32.7 Å². The molecular weight excluding hydrogens is 410 g/mol. The molecule has 0 unspecified atom stereocenters. The molecule has 0 aliphatic heterocycles. The zero-order valence-electron chi connectivity index (χ0n) is 10.8. The molecule has 0 N–H and O–H groups in total. The van der Waals surface area contributed by atoms with Crippen LogP contribution in [-0.2, 0) is 12.5 Å². The van der Waals surface area contributed by atoms with E-state index >= 15 is 0 Å². The van der Waals surface area contributed by atoms with Gasteiger partial charge in [0.1, 0.15) is 6.61 Å². The monoisotopic (exact) mass is 422 g/mol. The molecule has 20 heavy (non-hydrogen) atoms. The van der Waals surface area contributed by atoms with Crippen molar-refractivity contribution in [1.82, 2.24) is 0 Å². The van der Waals surface area contributed by atoms with Gasteiger partial charge < -0.3 is 9.47 Å². The summed E-state index contributed by atoms with van der Waals surface area (Å²) in [7, 11) is 1.58. The predicted molar refractivity (Wildman–Crippen MR) is 91.1 cm³/mol. The SMILES string of the molecule is COc1cc(Cl)cc(CCl)c1OCc1ccc(I)cc1. The van der Waals surface area contributed by atoms with Crippen molar-refractivity contribution in [3.8, 4) is 11.5 Å². The van der Waals surface area contributed by atoms with Gasteiger partial charge >= 0.3 is 0 Å². The molecule has 0 aliphatic rings. The Morgan fingerprint density at radius 2 is 1.85 bits per heavy atom. The lowest BCUT2D eigenvalue weighted by atomic mass is 10.2. The summed E-state index contributed by atoms with van der Waals surface area (Å²) >= 11 is 14.2. The molecule has 0 aliphatic carbocycles. The fourth-order valence-corrected chi connectivity index (χ4v) is 2.56. The van der Waals surface area contributed by atoms with Crippen molar-refractivity contribution in [1.29, 1.82) is 0 Å². The minimum Gasteiger partial charge on any atom is -0.493 e. The zero-order valence-corrected chi connectivity index (χ0v) is 14.5. The van der Waals surface area contributed by atoms with E-state index in [1.165, 1.54) is 3.57 Å². The highest BCUT2D eigenvalue weighted by Crippen LogP contribution is 2.36. The second kappa shape index (κ2) is 7.38. The van der Waals surface area contributed by atoms with Gasteiger partial charge in [0.05, 0.1) is 13.0 Å². The highest BCUT2D eigenvalue weighted by atomic mass is 127. The minimum atomic E-state index is 0.318. The lowest BCUT2D eigenvalue weighted by Crippen LogP contribution is -2.00. The third-order valence-corrected chi connectivity index (χ3v) is 3.98. The Labute approximate surface area is 142 Å². The third-order valence-electron chi connectivity index (χ3n) is 2.76. The van der Waals surface area contributed by atoms with E-state index in [1.54, 1.807) is 19.2 Å². The van der Waals surface area contributed by atoms with Crippen LogP contribution in [0.1, 0.15) is 11.1 Å². The molecule has 0 atom stereocenters. The fraction of sp³-hybridized carbons (Fsp3) is 0.200. The molecule has 2 aromatic rings. The van der Waals surface area contributed by atoms with Gasteiger partial charge in [-0.15, -0.1) is 11.6 Å². The number of hydrogen-bond donors (Lipinski definition) is 0. The molecule has 0 saturated heterocycles. The highest BCUT2D eigenvalue weighted by Gasteiger charge is 2.12. The number of ether oxygens (including phenoxy) is 2. The molecule has 0 spiro atoms. The first-order chi connectivity index (χ1) is 9.63. The largest absolute Gasteiger partial charge is 0.493 e. The molecule has 0 saturated carbocycles. The van der Waals surface area contributed by atoms with E-state index in [2.05, 4.69) is 22.6 Å². The molecule has 0 fully saturated rings. The molecule has 5 heteroatoms. The molecule has 106 valence electrons. The molecule has 0 radical (unpaired) electrons. The summed E-state index contributed by atoms with van der Waals surface area (Å²) in [4.78, 5) is 0. The second-order valence-corrected chi connectivity index (χ2v) is 6.09. The van der Waals surface area contributed by atoms with Gasteiger partial charge in [0.25, 0.3) is 0 Å². The number of methoxy groups -OCH3 is 1. The standard InChI is InChI=1S/C15H13Cl2IO2/c1-19-14-7-12(17)6-11(8-16)15(14)20-9-10-2-4-13(18)5-3-10/h2-7H,8-9H2,1H3. The minimum absolute atomic E-state index is 0.318. The third kappa shape index (κ3) is 3.93. The zero-order chi connectivity index (χ0) is 14.5. The molecule has 0 amide bonds. The van der Waals surface area contributed by atoms with Crippen LogP contribution in [0.4, 0.5) is 0 Å². The summed E-state index contributed by atoms with van der Waals surface area (Å²) in [5, 5.41) is 0.583. The lowest BCUT2D eigenvalue weighted by Gasteiger charge is -2.14. The van der Waals surface area contributed by atoms with Crippen molar-refractivity contribution in [2.45, 2.75) is 12.5 Å². The lowest BCUT2D eigenvalue weighted by molar-refractivity contribution is 0.282. The average molecular weight is 423 g/mol. The van der Waals surface area contributed by atoms with Gasteiger partial charge in [-0.2, -0.15) is 0 Å². The maximum Gasteiger partial charge on any atom is 0.166 e. The summed E-state index contributed by atoms with van der Waals surface area (Å²) in [5.74, 6) is 1.56. The van der Waals surface area contributed by atoms with Gasteiger partial charge in [0, 0.05) is 20.2 Å². The van der Waals surface area contributed by atoms with E-state index in [-0.39, 0.29) is 0 Å². The van der Waals surface area contributed by atoms with Crippen LogP contribution < -0.4 is 9.47 Å². The highest BCUT2D eigenvalue weighted by molar-refractivity contribution is 14.1. The number of benzene rings is 2. The maximum absolute atomic E-state index is 6.02. The van der Waals surface area contributed by atoms with Crippen LogP contribution in [0.3, 0.4) is 0 Å². The Morgan fingerprint density at radius 1 is 1.15 bits per heavy atom. The summed E-state index contributed by atoms with van der Waals surface area (Å²) in [6.07, 6.45) is 0. The van der Waals surface area contributed by atoms with Crippen LogP contribution in [-0.4, -0.2) is 7.11 Å². The van der Waals surface area contributed by atoms with E-state index in [0.717, 1.165) is 11.1 Å². The van der Waals surface area contributed by atoms with Crippen molar-refractivity contribution in [3.63, 3.8) is 0 Å². The molecule has 2 nitrogen and oxygen atoms in total. The Kier molecular flexibility index (Phi) is 5.81.